The monoisotopic (exact) mass is 635 g/mol. The molecule has 3 aromatic rings. The summed E-state index contributed by atoms with van der Waals surface area (Å²) in [5, 5.41) is 16.4. The Morgan fingerprint density at radius 2 is 1.64 bits per heavy atom. The predicted octanol–water partition coefficient (Wildman–Crippen LogP) is 7.89. The number of unbranched alkanes of at least 4 members (excludes halogenated alkanes) is 3. The Kier molecular flexibility index (Phi) is 12.9. The van der Waals surface area contributed by atoms with Crippen LogP contribution in [-0.4, -0.2) is 46.1 Å². The largest absolute Gasteiger partial charge is 0.508 e. The van der Waals surface area contributed by atoms with Gasteiger partial charge in [-0.05, 0) is 81.5 Å². The summed E-state index contributed by atoms with van der Waals surface area (Å²) in [5.41, 5.74) is 2.37. The van der Waals surface area contributed by atoms with Crippen molar-refractivity contribution in [3.8, 4) is 5.75 Å². The zero-order chi connectivity index (χ0) is 33.1. The van der Waals surface area contributed by atoms with E-state index in [2.05, 4.69) is 17.6 Å². The molecule has 3 N–H and O–H groups in total. The summed E-state index contributed by atoms with van der Waals surface area (Å²) in [6, 6.07) is 17.5. The molecule has 0 saturated carbocycles. The number of alkyl carbamates (subject to hydrolysis) is 1. The van der Waals surface area contributed by atoms with Gasteiger partial charge in [0.1, 0.15) is 23.4 Å². The molecule has 9 heteroatoms. The second-order valence-electron chi connectivity index (χ2n) is 12.4. The minimum absolute atomic E-state index is 0.0780. The van der Waals surface area contributed by atoms with E-state index in [9.17, 15) is 19.5 Å². The SMILES string of the molecule is CCCCCCN(C(=O)C(Cc1ccccc1)NC(=O)OC(C)(C)C)C(C(=O)Nc1c(C)cccc1Cl)c1ccc(O)c(C)c1. The van der Waals surface area contributed by atoms with Crippen molar-refractivity contribution in [2.24, 2.45) is 0 Å². The van der Waals surface area contributed by atoms with Crippen molar-refractivity contribution in [3.63, 3.8) is 0 Å². The number of benzene rings is 3. The van der Waals surface area contributed by atoms with Gasteiger partial charge in [0.15, 0.2) is 0 Å². The Bertz CT molecular complexity index is 1430. The lowest BCUT2D eigenvalue weighted by Gasteiger charge is -2.35. The van der Waals surface area contributed by atoms with Gasteiger partial charge in [0.25, 0.3) is 5.91 Å². The van der Waals surface area contributed by atoms with Crippen molar-refractivity contribution in [1.82, 2.24) is 10.2 Å². The maximum Gasteiger partial charge on any atom is 0.408 e. The number of aromatic hydroxyl groups is 1. The number of halogens is 1. The van der Waals surface area contributed by atoms with Gasteiger partial charge >= 0.3 is 6.09 Å². The first-order chi connectivity index (χ1) is 21.3. The third kappa shape index (κ3) is 10.5. The first kappa shape index (κ1) is 35.4. The molecule has 8 nitrogen and oxygen atoms in total. The van der Waals surface area contributed by atoms with Crippen LogP contribution in [0.3, 0.4) is 0 Å². The van der Waals surface area contributed by atoms with Crippen molar-refractivity contribution in [1.29, 1.82) is 0 Å². The van der Waals surface area contributed by atoms with Gasteiger partial charge in [0, 0.05) is 13.0 Å². The highest BCUT2D eigenvalue weighted by Gasteiger charge is 2.37. The third-order valence-corrected chi connectivity index (χ3v) is 7.69. The van der Waals surface area contributed by atoms with E-state index in [4.69, 9.17) is 16.3 Å². The Balaban J connectivity index is 2.12. The van der Waals surface area contributed by atoms with Gasteiger partial charge in [-0.25, -0.2) is 4.79 Å². The number of carbonyl (C=O) groups is 3. The minimum atomic E-state index is -1.09. The number of anilines is 1. The summed E-state index contributed by atoms with van der Waals surface area (Å²) in [6.45, 7) is 11.2. The number of nitrogens with one attached hydrogen (secondary N) is 2. The number of phenolic OH excluding ortho intramolecular Hbond substituents is 1. The molecular formula is C36H46ClN3O5. The van der Waals surface area contributed by atoms with Crippen LogP contribution in [0.2, 0.25) is 5.02 Å². The molecule has 0 aliphatic rings. The number of carbonyl (C=O) groups excluding carboxylic acids is 3. The zero-order valence-corrected chi connectivity index (χ0v) is 27.9. The van der Waals surface area contributed by atoms with Crippen LogP contribution in [0.15, 0.2) is 66.7 Å². The fraction of sp³-hybridized carbons (Fsp3) is 0.417. The van der Waals surface area contributed by atoms with Crippen LogP contribution in [0.25, 0.3) is 0 Å². The van der Waals surface area contributed by atoms with E-state index in [0.717, 1.165) is 30.4 Å². The molecular weight excluding hydrogens is 590 g/mol. The van der Waals surface area contributed by atoms with Crippen LogP contribution in [0.5, 0.6) is 5.75 Å². The Labute approximate surface area is 272 Å². The molecule has 3 rings (SSSR count). The van der Waals surface area contributed by atoms with Crippen LogP contribution in [0.1, 0.15) is 81.7 Å². The van der Waals surface area contributed by atoms with Gasteiger partial charge < -0.3 is 25.4 Å². The average Bonchev–Trinajstić information content (AvgIpc) is 2.97. The highest BCUT2D eigenvalue weighted by molar-refractivity contribution is 6.34. The lowest BCUT2D eigenvalue weighted by Crippen LogP contribution is -2.53. The summed E-state index contributed by atoms with van der Waals surface area (Å²) in [7, 11) is 0. The maximum absolute atomic E-state index is 14.7. The first-order valence-electron chi connectivity index (χ1n) is 15.5. The van der Waals surface area contributed by atoms with E-state index in [1.807, 2.05) is 43.3 Å². The third-order valence-electron chi connectivity index (χ3n) is 7.37. The highest BCUT2D eigenvalue weighted by atomic mass is 35.5. The number of nitrogens with zero attached hydrogens (tertiary/aromatic N) is 1. The molecule has 3 aromatic carbocycles. The van der Waals surface area contributed by atoms with Crippen LogP contribution >= 0.6 is 11.6 Å². The molecule has 242 valence electrons. The summed E-state index contributed by atoms with van der Waals surface area (Å²) in [4.78, 5) is 43.5. The molecule has 0 aromatic heterocycles. The van der Waals surface area contributed by atoms with E-state index < -0.39 is 35.6 Å². The van der Waals surface area contributed by atoms with E-state index >= 15 is 0 Å². The number of hydrogen-bond acceptors (Lipinski definition) is 5. The second kappa shape index (κ2) is 16.3. The van der Waals surface area contributed by atoms with Crippen LogP contribution in [0.4, 0.5) is 10.5 Å². The van der Waals surface area contributed by atoms with E-state index in [1.54, 1.807) is 52.0 Å². The number of para-hydroxylation sites is 1. The number of rotatable bonds is 13. The van der Waals surface area contributed by atoms with Gasteiger partial charge in [-0.3, -0.25) is 9.59 Å². The fourth-order valence-corrected chi connectivity index (χ4v) is 5.35. The molecule has 2 atom stereocenters. The zero-order valence-electron chi connectivity index (χ0n) is 27.2. The molecule has 0 aliphatic carbocycles. The topological polar surface area (TPSA) is 108 Å². The van der Waals surface area contributed by atoms with Crippen LogP contribution < -0.4 is 10.6 Å². The molecule has 0 radical (unpaired) electrons. The average molecular weight is 636 g/mol. The van der Waals surface area contributed by atoms with Crippen molar-refractivity contribution < 1.29 is 24.2 Å². The number of hydrogen-bond donors (Lipinski definition) is 3. The number of amides is 3. The van der Waals surface area contributed by atoms with Crippen LogP contribution in [0, 0.1) is 13.8 Å². The predicted molar refractivity (Wildman–Crippen MR) is 180 cm³/mol. The Morgan fingerprint density at radius 3 is 2.27 bits per heavy atom. The lowest BCUT2D eigenvalue weighted by atomic mass is 9.98. The van der Waals surface area contributed by atoms with Crippen molar-refractivity contribution in [2.45, 2.75) is 91.3 Å². The molecule has 2 unspecified atom stereocenters. The summed E-state index contributed by atoms with van der Waals surface area (Å²) >= 11 is 6.49. The van der Waals surface area contributed by atoms with Crippen molar-refractivity contribution in [2.75, 3.05) is 11.9 Å². The van der Waals surface area contributed by atoms with Gasteiger partial charge in [0.2, 0.25) is 5.91 Å². The maximum atomic E-state index is 14.7. The van der Waals surface area contributed by atoms with Gasteiger partial charge in [-0.1, -0.05) is 86.3 Å². The number of phenols is 1. The molecule has 0 spiro atoms. The van der Waals surface area contributed by atoms with Crippen molar-refractivity contribution in [3.05, 3.63) is 94.0 Å². The molecule has 0 fully saturated rings. The van der Waals surface area contributed by atoms with E-state index in [-0.39, 0.29) is 18.7 Å². The quantitative estimate of drug-likeness (QED) is 0.166. The summed E-state index contributed by atoms with van der Waals surface area (Å²) < 4.78 is 5.53. The standard InChI is InChI=1S/C36H46ClN3O5/c1-7-8-9-13-21-40(34(43)29(23-26-16-11-10-12-17-26)38-35(44)45-36(4,5)6)32(27-19-20-30(41)25(3)22-27)33(42)39-31-24(2)15-14-18-28(31)37/h10-12,14-20,22,29,32,41H,7-9,13,21,23H2,1-6H3,(H,38,44)(H,39,42). The molecule has 0 bridgehead atoms. The second-order valence-corrected chi connectivity index (χ2v) is 12.8. The van der Waals surface area contributed by atoms with E-state index in [1.165, 1.54) is 11.0 Å². The van der Waals surface area contributed by atoms with Crippen molar-refractivity contribution >= 4 is 35.2 Å². The molecule has 45 heavy (non-hydrogen) atoms. The van der Waals surface area contributed by atoms with E-state index in [0.29, 0.717) is 28.3 Å². The minimum Gasteiger partial charge on any atom is -0.508 e. The van der Waals surface area contributed by atoms with Crippen LogP contribution in [-0.2, 0) is 20.7 Å². The molecule has 3 amide bonds. The molecule has 0 heterocycles. The fourth-order valence-electron chi connectivity index (χ4n) is 5.08. The Hall–Kier alpha value is -4.04. The highest BCUT2D eigenvalue weighted by Crippen LogP contribution is 2.31. The summed E-state index contributed by atoms with van der Waals surface area (Å²) in [5.74, 6) is -0.812. The van der Waals surface area contributed by atoms with Gasteiger partial charge in [-0.2, -0.15) is 0 Å². The number of aryl methyl sites for hydroxylation is 2. The summed E-state index contributed by atoms with van der Waals surface area (Å²) in [6.07, 6.45) is 2.94. The Morgan fingerprint density at radius 1 is 0.933 bits per heavy atom. The molecule has 0 aliphatic heterocycles. The molecule has 0 saturated heterocycles. The first-order valence-corrected chi connectivity index (χ1v) is 15.9. The lowest BCUT2D eigenvalue weighted by molar-refractivity contribution is -0.140. The van der Waals surface area contributed by atoms with Gasteiger partial charge in [-0.15, -0.1) is 0 Å². The normalized spacial score (nSPS) is 12.6. The number of ether oxygens (including phenoxy) is 1. The smallest absolute Gasteiger partial charge is 0.408 e. The van der Waals surface area contributed by atoms with Gasteiger partial charge in [0.05, 0.1) is 10.7 Å².